The van der Waals surface area contributed by atoms with E-state index in [9.17, 15) is 14.5 Å². The molecule has 1 N–H and O–H groups in total. The maximum atomic E-state index is 13.6. The van der Waals surface area contributed by atoms with Crippen LogP contribution in [0.15, 0.2) is 34.9 Å². The molecule has 5 nitrogen and oxygen atoms in total. The van der Waals surface area contributed by atoms with Crippen LogP contribution in [0.4, 0.5) is 15.9 Å². The van der Waals surface area contributed by atoms with Gasteiger partial charge in [-0.3, -0.25) is 10.1 Å². The predicted octanol–water partition coefficient (Wildman–Crippen LogP) is 4.16. The van der Waals surface area contributed by atoms with Gasteiger partial charge in [-0.05, 0) is 12.1 Å². The first-order valence-corrected chi connectivity index (χ1v) is 6.62. The summed E-state index contributed by atoms with van der Waals surface area (Å²) in [6.45, 7) is 0.0780. The van der Waals surface area contributed by atoms with Crippen molar-refractivity contribution in [2.45, 2.75) is 6.54 Å². The first kappa shape index (κ1) is 14.7. The lowest BCUT2D eigenvalue weighted by atomic mass is 10.2. The smallest absolute Gasteiger partial charge is 0.312 e. The Morgan fingerprint density at radius 3 is 2.85 bits per heavy atom. The summed E-state index contributed by atoms with van der Waals surface area (Å²) < 4.78 is 14.3. The first-order valence-electron chi connectivity index (χ1n) is 5.45. The number of nitrogens with one attached hydrogen (secondary N) is 1. The quantitative estimate of drug-likeness (QED) is 0.657. The maximum Gasteiger partial charge on any atom is 0.312 e. The van der Waals surface area contributed by atoms with E-state index in [2.05, 4.69) is 26.2 Å². The van der Waals surface area contributed by atoms with Gasteiger partial charge < -0.3 is 5.32 Å². The summed E-state index contributed by atoms with van der Waals surface area (Å²) in [6, 6.07) is 5.77. The average Bonchev–Trinajstić information content (AvgIpc) is 2.38. The summed E-state index contributed by atoms with van der Waals surface area (Å²) in [7, 11) is 0. The van der Waals surface area contributed by atoms with Crippen LogP contribution in [0.3, 0.4) is 0 Å². The minimum Gasteiger partial charge on any atom is -0.360 e. The van der Waals surface area contributed by atoms with Gasteiger partial charge in [0.1, 0.15) is 5.82 Å². The third-order valence-electron chi connectivity index (χ3n) is 2.49. The number of nitrogens with zero attached hydrogens (tertiary/aromatic N) is 2. The fraction of sp³-hybridized carbons (Fsp3) is 0.0833. The molecule has 1 aromatic carbocycles. The normalized spacial score (nSPS) is 10.3. The number of rotatable bonds is 4. The van der Waals surface area contributed by atoms with E-state index in [-0.39, 0.29) is 23.1 Å². The van der Waals surface area contributed by atoms with Crippen LogP contribution in [0.1, 0.15) is 5.56 Å². The molecular weight excluding hydrogens is 353 g/mol. The molecule has 1 heterocycles. The van der Waals surface area contributed by atoms with E-state index < -0.39 is 10.7 Å². The number of aromatic nitrogens is 1. The van der Waals surface area contributed by atoms with Crippen LogP contribution < -0.4 is 5.32 Å². The SMILES string of the molecule is O=[N+]([O-])c1cc(Cl)cnc1NCc1ccc(Br)cc1F. The summed E-state index contributed by atoms with van der Waals surface area (Å²) >= 11 is 8.81. The molecule has 0 saturated carbocycles. The van der Waals surface area contributed by atoms with Crippen LogP contribution in [0.2, 0.25) is 5.02 Å². The zero-order valence-electron chi connectivity index (χ0n) is 9.94. The molecule has 2 rings (SSSR count). The van der Waals surface area contributed by atoms with Crippen molar-refractivity contribution in [3.05, 3.63) is 61.5 Å². The van der Waals surface area contributed by atoms with Crippen molar-refractivity contribution in [2.75, 3.05) is 5.32 Å². The fourth-order valence-electron chi connectivity index (χ4n) is 1.55. The van der Waals surface area contributed by atoms with E-state index in [0.717, 1.165) is 0 Å². The third kappa shape index (κ3) is 3.43. The summed E-state index contributed by atoms with van der Waals surface area (Å²) in [5, 5.41) is 13.8. The molecule has 0 aliphatic heterocycles. The number of hydrogen-bond donors (Lipinski definition) is 1. The Balaban J connectivity index is 2.20. The van der Waals surface area contributed by atoms with Crippen molar-refractivity contribution >= 4 is 39.0 Å². The van der Waals surface area contributed by atoms with Crippen LogP contribution in [-0.4, -0.2) is 9.91 Å². The van der Waals surface area contributed by atoms with Gasteiger partial charge in [-0.2, -0.15) is 0 Å². The summed E-state index contributed by atoms with van der Waals surface area (Å²) in [4.78, 5) is 14.1. The monoisotopic (exact) mass is 359 g/mol. The van der Waals surface area contributed by atoms with Crippen LogP contribution in [0.25, 0.3) is 0 Å². The molecule has 0 aliphatic rings. The van der Waals surface area contributed by atoms with Gasteiger partial charge in [-0.15, -0.1) is 0 Å². The molecule has 1 aromatic heterocycles. The molecule has 0 spiro atoms. The van der Waals surface area contributed by atoms with E-state index >= 15 is 0 Å². The molecule has 0 fully saturated rings. The first-order chi connectivity index (χ1) is 9.47. The number of pyridine rings is 1. The average molecular weight is 361 g/mol. The highest BCUT2D eigenvalue weighted by atomic mass is 79.9. The molecule has 2 aromatic rings. The van der Waals surface area contributed by atoms with Gasteiger partial charge in [0.15, 0.2) is 0 Å². The summed E-state index contributed by atoms with van der Waals surface area (Å²) in [5.41, 5.74) is 0.120. The second-order valence-electron chi connectivity index (χ2n) is 3.87. The van der Waals surface area contributed by atoms with Crippen molar-refractivity contribution < 1.29 is 9.31 Å². The molecule has 8 heteroatoms. The van der Waals surface area contributed by atoms with Gasteiger partial charge in [0.2, 0.25) is 5.82 Å². The Morgan fingerprint density at radius 1 is 1.45 bits per heavy atom. The van der Waals surface area contributed by atoms with Gasteiger partial charge in [-0.1, -0.05) is 33.6 Å². The van der Waals surface area contributed by atoms with Gasteiger partial charge in [0.05, 0.1) is 9.95 Å². The molecule has 0 radical (unpaired) electrons. The van der Waals surface area contributed by atoms with Crippen LogP contribution in [-0.2, 0) is 6.54 Å². The van der Waals surface area contributed by atoms with E-state index in [1.54, 1.807) is 12.1 Å². The molecular formula is C12H8BrClFN3O2. The van der Waals surface area contributed by atoms with E-state index in [1.807, 2.05) is 0 Å². The molecule has 0 atom stereocenters. The standard InChI is InChI=1S/C12H8BrClFN3O2/c13-8-2-1-7(10(15)3-8)5-16-12-11(18(19)20)4-9(14)6-17-12/h1-4,6H,5H2,(H,16,17). The summed E-state index contributed by atoms with van der Waals surface area (Å²) in [6.07, 6.45) is 1.29. The van der Waals surface area contributed by atoms with Gasteiger partial charge >= 0.3 is 5.69 Å². The molecule has 0 unspecified atom stereocenters. The van der Waals surface area contributed by atoms with E-state index in [1.165, 1.54) is 18.3 Å². The highest BCUT2D eigenvalue weighted by Gasteiger charge is 2.16. The van der Waals surface area contributed by atoms with Crippen LogP contribution in [0, 0.1) is 15.9 Å². The second-order valence-corrected chi connectivity index (χ2v) is 5.22. The Morgan fingerprint density at radius 2 is 2.20 bits per heavy atom. The minimum absolute atomic E-state index is 0.0433. The largest absolute Gasteiger partial charge is 0.360 e. The van der Waals surface area contributed by atoms with Crippen molar-refractivity contribution in [2.24, 2.45) is 0 Å². The lowest BCUT2D eigenvalue weighted by molar-refractivity contribution is -0.384. The Labute approximate surface area is 127 Å². The van der Waals surface area contributed by atoms with E-state index in [0.29, 0.717) is 10.0 Å². The predicted molar refractivity (Wildman–Crippen MR) is 77.3 cm³/mol. The molecule has 20 heavy (non-hydrogen) atoms. The van der Waals surface area contributed by atoms with E-state index in [4.69, 9.17) is 11.6 Å². The van der Waals surface area contributed by atoms with Crippen molar-refractivity contribution in [1.82, 2.24) is 4.98 Å². The minimum atomic E-state index is -0.598. The Kier molecular flexibility index (Phi) is 4.51. The lowest BCUT2D eigenvalue weighted by Crippen LogP contribution is -2.06. The van der Waals surface area contributed by atoms with Crippen LogP contribution >= 0.6 is 27.5 Å². The third-order valence-corrected chi connectivity index (χ3v) is 3.19. The highest BCUT2D eigenvalue weighted by Crippen LogP contribution is 2.26. The molecule has 104 valence electrons. The van der Waals surface area contributed by atoms with Crippen LogP contribution in [0.5, 0.6) is 0 Å². The fourth-order valence-corrected chi connectivity index (χ4v) is 2.03. The topological polar surface area (TPSA) is 68.1 Å². The number of benzene rings is 1. The number of nitro groups is 1. The zero-order valence-corrected chi connectivity index (χ0v) is 12.3. The van der Waals surface area contributed by atoms with Gasteiger partial charge in [0.25, 0.3) is 0 Å². The molecule has 0 aliphatic carbocycles. The van der Waals surface area contributed by atoms with Gasteiger partial charge in [0, 0.05) is 28.8 Å². The Hall–Kier alpha value is -1.73. The zero-order chi connectivity index (χ0) is 14.7. The molecule has 0 saturated heterocycles. The van der Waals surface area contributed by atoms with Crippen molar-refractivity contribution in [3.8, 4) is 0 Å². The number of halogens is 3. The maximum absolute atomic E-state index is 13.6. The summed E-state index contributed by atoms with van der Waals surface area (Å²) in [5.74, 6) is -0.370. The van der Waals surface area contributed by atoms with Crippen molar-refractivity contribution in [1.29, 1.82) is 0 Å². The Bertz CT molecular complexity index is 669. The molecule has 0 amide bonds. The van der Waals surface area contributed by atoms with Gasteiger partial charge in [-0.25, -0.2) is 9.37 Å². The lowest BCUT2D eigenvalue weighted by Gasteiger charge is -2.07. The molecule has 0 bridgehead atoms. The number of hydrogen-bond acceptors (Lipinski definition) is 4. The second kappa shape index (κ2) is 6.15. The number of anilines is 1. The highest BCUT2D eigenvalue weighted by molar-refractivity contribution is 9.10. The van der Waals surface area contributed by atoms with Crippen molar-refractivity contribution in [3.63, 3.8) is 0 Å².